The third-order valence-corrected chi connectivity index (χ3v) is 2.76. The highest BCUT2D eigenvalue weighted by molar-refractivity contribution is 5.84. The molecule has 0 aliphatic heterocycles. The molecule has 0 aliphatic rings. The lowest BCUT2D eigenvalue weighted by Crippen LogP contribution is -2.39. The van der Waals surface area contributed by atoms with E-state index >= 15 is 0 Å². The lowest BCUT2D eigenvalue weighted by atomic mass is 9.88. The molecular formula is C14H18N+. The van der Waals surface area contributed by atoms with Crippen LogP contribution in [0.25, 0.3) is 10.8 Å². The van der Waals surface area contributed by atoms with Gasteiger partial charge in [0.2, 0.25) is 0 Å². The van der Waals surface area contributed by atoms with Crippen LogP contribution < -0.4 is 4.57 Å². The maximum atomic E-state index is 2.26. The fourth-order valence-corrected chi connectivity index (χ4v) is 2.25. The predicted molar refractivity (Wildman–Crippen MR) is 63.8 cm³/mol. The number of fused-ring (bicyclic) bond motifs is 1. The molecular weight excluding hydrogens is 182 g/mol. The monoisotopic (exact) mass is 200 g/mol. The fourth-order valence-electron chi connectivity index (χ4n) is 2.25. The number of hydrogen-bond acceptors (Lipinski definition) is 0. The van der Waals surface area contributed by atoms with Gasteiger partial charge in [0.25, 0.3) is 0 Å². The van der Waals surface area contributed by atoms with Crippen molar-refractivity contribution in [2.45, 2.75) is 26.2 Å². The molecule has 2 aromatic rings. The van der Waals surface area contributed by atoms with Gasteiger partial charge in [-0.2, -0.15) is 0 Å². The van der Waals surface area contributed by atoms with Gasteiger partial charge in [-0.05, 0) is 11.5 Å². The quantitative estimate of drug-likeness (QED) is 0.576. The second-order valence-corrected chi connectivity index (χ2v) is 5.11. The molecule has 78 valence electrons. The molecule has 0 saturated heterocycles. The second kappa shape index (κ2) is 3.34. The lowest BCUT2D eigenvalue weighted by Gasteiger charge is -2.17. The maximum Gasteiger partial charge on any atom is 0.194 e. The van der Waals surface area contributed by atoms with Crippen molar-refractivity contribution < 1.29 is 4.57 Å². The number of pyridine rings is 1. The van der Waals surface area contributed by atoms with Crippen LogP contribution in [0.4, 0.5) is 0 Å². The van der Waals surface area contributed by atoms with E-state index in [0.29, 0.717) is 0 Å². The predicted octanol–water partition coefficient (Wildman–Crippen LogP) is 2.96. The van der Waals surface area contributed by atoms with E-state index < -0.39 is 0 Å². The third-order valence-electron chi connectivity index (χ3n) is 2.76. The molecule has 0 fully saturated rings. The van der Waals surface area contributed by atoms with E-state index in [-0.39, 0.29) is 5.41 Å². The van der Waals surface area contributed by atoms with E-state index in [0.717, 1.165) is 0 Å². The summed E-state index contributed by atoms with van der Waals surface area (Å²) in [7, 11) is 2.12. The van der Waals surface area contributed by atoms with Gasteiger partial charge in [0.1, 0.15) is 7.05 Å². The van der Waals surface area contributed by atoms with Gasteiger partial charge in [-0.1, -0.05) is 39.0 Å². The highest BCUT2D eigenvalue weighted by Crippen LogP contribution is 2.26. The maximum absolute atomic E-state index is 2.26. The van der Waals surface area contributed by atoms with Crippen LogP contribution in [0.2, 0.25) is 0 Å². The Kier molecular flexibility index (Phi) is 2.26. The van der Waals surface area contributed by atoms with E-state index in [4.69, 9.17) is 0 Å². The zero-order valence-electron chi connectivity index (χ0n) is 9.91. The summed E-state index contributed by atoms with van der Waals surface area (Å²) in [6, 6.07) is 10.7. The second-order valence-electron chi connectivity index (χ2n) is 5.11. The Morgan fingerprint density at radius 2 is 1.67 bits per heavy atom. The van der Waals surface area contributed by atoms with Crippen molar-refractivity contribution in [1.82, 2.24) is 0 Å². The number of rotatable bonds is 0. The lowest BCUT2D eigenvalue weighted by molar-refractivity contribution is -0.680. The van der Waals surface area contributed by atoms with Crippen LogP contribution in [0.1, 0.15) is 26.5 Å². The molecule has 0 amide bonds. The number of aromatic nitrogens is 1. The average molecular weight is 200 g/mol. The number of benzene rings is 1. The highest BCUT2D eigenvalue weighted by atomic mass is 14.9. The number of aryl methyl sites for hydroxylation is 1. The molecule has 0 radical (unpaired) electrons. The first-order chi connectivity index (χ1) is 7.00. The van der Waals surface area contributed by atoms with Crippen molar-refractivity contribution in [2.75, 3.05) is 0 Å². The Morgan fingerprint density at radius 1 is 1.00 bits per heavy atom. The minimum absolute atomic E-state index is 0.176. The van der Waals surface area contributed by atoms with Crippen LogP contribution in [-0.2, 0) is 12.5 Å². The average Bonchev–Trinajstić information content (AvgIpc) is 2.15. The molecule has 1 nitrogen and oxygen atoms in total. The summed E-state index contributed by atoms with van der Waals surface area (Å²) in [5.74, 6) is 0. The van der Waals surface area contributed by atoms with Gasteiger partial charge in [-0.3, -0.25) is 0 Å². The van der Waals surface area contributed by atoms with E-state index in [1.54, 1.807) is 0 Å². The van der Waals surface area contributed by atoms with Crippen molar-refractivity contribution in [2.24, 2.45) is 7.05 Å². The van der Waals surface area contributed by atoms with Crippen molar-refractivity contribution in [1.29, 1.82) is 0 Å². The largest absolute Gasteiger partial charge is 0.204 e. The van der Waals surface area contributed by atoms with E-state index in [1.165, 1.54) is 16.5 Å². The van der Waals surface area contributed by atoms with Gasteiger partial charge in [-0.15, -0.1) is 0 Å². The van der Waals surface area contributed by atoms with Gasteiger partial charge in [0, 0.05) is 16.9 Å². The van der Waals surface area contributed by atoms with E-state index in [1.807, 2.05) is 0 Å². The van der Waals surface area contributed by atoms with Crippen LogP contribution in [0.15, 0.2) is 36.5 Å². The molecule has 0 unspecified atom stereocenters. The van der Waals surface area contributed by atoms with Crippen LogP contribution in [0.3, 0.4) is 0 Å². The third kappa shape index (κ3) is 1.74. The van der Waals surface area contributed by atoms with Crippen LogP contribution in [0.5, 0.6) is 0 Å². The Bertz CT molecular complexity index is 492. The van der Waals surface area contributed by atoms with E-state index in [2.05, 4.69) is 68.9 Å². The molecule has 0 aliphatic carbocycles. The molecule has 1 heteroatoms. The Morgan fingerprint density at radius 3 is 2.33 bits per heavy atom. The topological polar surface area (TPSA) is 3.88 Å². The smallest absolute Gasteiger partial charge is 0.194 e. The molecule has 0 bridgehead atoms. The van der Waals surface area contributed by atoms with E-state index in [9.17, 15) is 0 Å². The Labute approximate surface area is 91.4 Å². The van der Waals surface area contributed by atoms with Gasteiger partial charge in [0.15, 0.2) is 11.9 Å². The first kappa shape index (κ1) is 10.2. The zero-order valence-corrected chi connectivity index (χ0v) is 9.91. The van der Waals surface area contributed by atoms with Crippen LogP contribution in [-0.4, -0.2) is 0 Å². The van der Waals surface area contributed by atoms with Crippen molar-refractivity contribution in [3.63, 3.8) is 0 Å². The minimum atomic E-state index is 0.176. The molecule has 0 N–H and O–H groups in total. The molecule has 1 heterocycles. The summed E-state index contributed by atoms with van der Waals surface area (Å²) in [6.07, 6.45) is 2.14. The SMILES string of the molecule is C[n+]1ccc2ccccc2c1C(C)(C)C. The normalized spacial score (nSPS) is 12.0. The summed E-state index contributed by atoms with van der Waals surface area (Å²) < 4.78 is 2.22. The molecule has 0 saturated carbocycles. The van der Waals surface area contributed by atoms with Gasteiger partial charge in [-0.25, -0.2) is 4.57 Å². The molecule has 0 atom stereocenters. The summed E-state index contributed by atoms with van der Waals surface area (Å²) in [5.41, 5.74) is 1.57. The molecule has 1 aromatic heterocycles. The fraction of sp³-hybridized carbons (Fsp3) is 0.357. The summed E-state index contributed by atoms with van der Waals surface area (Å²) in [5, 5.41) is 2.68. The first-order valence-corrected chi connectivity index (χ1v) is 5.38. The van der Waals surface area contributed by atoms with Crippen molar-refractivity contribution >= 4 is 10.8 Å². The summed E-state index contributed by atoms with van der Waals surface area (Å²) in [6.45, 7) is 6.78. The zero-order chi connectivity index (χ0) is 11.1. The number of hydrogen-bond donors (Lipinski definition) is 0. The molecule has 15 heavy (non-hydrogen) atoms. The van der Waals surface area contributed by atoms with Gasteiger partial charge in [0.05, 0.1) is 0 Å². The standard InChI is InChI=1S/C14H18N/c1-14(2,3)13-12-8-6-5-7-11(12)9-10-15(13)4/h5-10H,1-4H3/q+1. The Hall–Kier alpha value is -1.37. The molecule has 0 spiro atoms. The number of nitrogens with zero attached hydrogens (tertiary/aromatic N) is 1. The van der Waals surface area contributed by atoms with Crippen LogP contribution >= 0.6 is 0 Å². The summed E-state index contributed by atoms with van der Waals surface area (Å²) in [4.78, 5) is 0. The summed E-state index contributed by atoms with van der Waals surface area (Å²) >= 11 is 0. The highest BCUT2D eigenvalue weighted by Gasteiger charge is 2.26. The first-order valence-electron chi connectivity index (χ1n) is 5.38. The van der Waals surface area contributed by atoms with Crippen LogP contribution in [0, 0.1) is 0 Å². The minimum Gasteiger partial charge on any atom is -0.204 e. The molecule has 1 aromatic carbocycles. The molecule has 2 rings (SSSR count). The van der Waals surface area contributed by atoms with Crippen molar-refractivity contribution in [3.05, 3.63) is 42.2 Å². The van der Waals surface area contributed by atoms with Gasteiger partial charge < -0.3 is 0 Å². The van der Waals surface area contributed by atoms with Gasteiger partial charge >= 0.3 is 0 Å². The Balaban J connectivity index is 2.86. The van der Waals surface area contributed by atoms with Crippen molar-refractivity contribution in [3.8, 4) is 0 Å².